The van der Waals surface area contributed by atoms with E-state index in [0.717, 1.165) is 29.5 Å². The summed E-state index contributed by atoms with van der Waals surface area (Å²) in [5.41, 5.74) is 2.56. The van der Waals surface area contributed by atoms with Crippen LogP contribution in [0.15, 0.2) is 57.8 Å². The van der Waals surface area contributed by atoms with Crippen LogP contribution in [0.3, 0.4) is 0 Å². The Balaban J connectivity index is 1.57. The van der Waals surface area contributed by atoms with Gasteiger partial charge < -0.3 is 9.64 Å². The van der Waals surface area contributed by atoms with Crippen LogP contribution in [-0.4, -0.2) is 38.7 Å². The quantitative estimate of drug-likeness (QED) is 0.793. The molecule has 0 aromatic heterocycles. The first-order valence-corrected chi connectivity index (χ1v) is 10.9. The van der Waals surface area contributed by atoms with Gasteiger partial charge in [-0.25, -0.2) is 8.42 Å². The van der Waals surface area contributed by atoms with Crippen molar-refractivity contribution in [3.8, 4) is 5.75 Å². The molecule has 0 saturated heterocycles. The summed E-state index contributed by atoms with van der Waals surface area (Å²) in [6, 6.07) is 11.7. The summed E-state index contributed by atoms with van der Waals surface area (Å²) in [4.78, 5) is 6.60. The maximum Gasteiger partial charge on any atom is 0.265 e. The molecule has 4 rings (SSSR count). The molecule has 2 heterocycles. The van der Waals surface area contributed by atoms with Crippen molar-refractivity contribution in [1.29, 1.82) is 0 Å². The second-order valence-corrected chi connectivity index (χ2v) is 8.84. The molecule has 2 aliphatic heterocycles. The number of hydrogen-bond donors (Lipinski definition) is 1. The molecule has 1 N–H and O–H groups in total. The number of thioether (sulfide) groups is 1. The summed E-state index contributed by atoms with van der Waals surface area (Å²) >= 11 is 7.56. The Bertz CT molecular complexity index is 1050. The number of nitrogens with zero attached hydrogens (tertiary/aromatic N) is 2. The first kappa shape index (κ1) is 18.2. The number of halogens is 1. The topological polar surface area (TPSA) is 71.0 Å². The van der Waals surface area contributed by atoms with E-state index in [1.54, 1.807) is 30.0 Å². The normalized spacial score (nSPS) is 16.0. The molecule has 0 amide bonds. The lowest BCUT2D eigenvalue weighted by Gasteiger charge is -2.17. The first-order valence-electron chi connectivity index (χ1n) is 8.13. The fourth-order valence-corrected chi connectivity index (χ4v) is 5.38. The molecule has 27 heavy (non-hydrogen) atoms. The van der Waals surface area contributed by atoms with Crippen molar-refractivity contribution in [3.05, 3.63) is 58.5 Å². The van der Waals surface area contributed by atoms with Gasteiger partial charge in [0.15, 0.2) is 5.17 Å². The Morgan fingerprint density at radius 1 is 1.22 bits per heavy atom. The molecule has 2 aliphatic rings. The van der Waals surface area contributed by atoms with Gasteiger partial charge in [-0.05, 0) is 35.9 Å². The van der Waals surface area contributed by atoms with Crippen molar-refractivity contribution in [2.24, 2.45) is 4.99 Å². The molecule has 2 aromatic rings. The van der Waals surface area contributed by atoms with Crippen molar-refractivity contribution in [1.82, 2.24) is 4.90 Å². The Morgan fingerprint density at radius 2 is 2.00 bits per heavy atom. The van der Waals surface area contributed by atoms with E-state index in [1.807, 2.05) is 12.1 Å². The van der Waals surface area contributed by atoms with Crippen LogP contribution in [0.25, 0.3) is 5.70 Å². The number of sulfonamides is 1. The molecule has 0 radical (unpaired) electrons. The minimum absolute atomic E-state index is 0.00519. The molecule has 6 nitrogen and oxygen atoms in total. The van der Waals surface area contributed by atoms with Gasteiger partial charge in [0.1, 0.15) is 10.6 Å². The van der Waals surface area contributed by atoms with Gasteiger partial charge in [-0.3, -0.25) is 9.71 Å². The van der Waals surface area contributed by atoms with E-state index >= 15 is 0 Å². The monoisotopic (exact) mass is 421 g/mol. The van der Waals surface area contributed by atoms with Gasteiger partial charge in [0, 0.05) is 22.7 Å². The highest BCUT2D eigenvalue weighted by Gasteiger charge is 2.27. The highest BCUT2D eigenvalue weighted by atomic mass is 35.5. The lowest BCUT2D eigenvalue weighted by atomic mass is 10.1. The zero-order valence-electron chi connectivity index (χ0n) is 14.3. The molecule has 0 saturated carbocycles. The van der Waals surface area contributed by atoms with E-state index in [1.165, 1.54) is 19.2 Å². The summed E-state index contributed by atoms with van der Waals surface area (Å²) in [6.07, 6.45) is 0. The lowest BCUT2D eigenvalue weighted by molar-refractivity contribution is 0.403. The smallest absolute Gasteiger partial charge is 0.265 e. The van der Waals surface area contributed by atoms with E-state index < -0.39 is 10.0 Å². The highest BCUT2D eigenvalue weighted by molar-refractivity contribution is 8.16. The van der Waals surface area contributed by atoms with Crippen molar-refractivity contribution >= 4 is 49.9 Å². The van der Waals surface area contributed by atoms with Crippen molar-refractivity contribution in [2.45, 2.75) is 4.90 Å². The highest BCUT2D eigenvalue weighted by Crippen LogP contribution is 2.36. The lowest BCUT2D eigenvalue weighted by Crippen LogP contribution is -2.19. The average molecular weight is 422 g/mol. The van der Waals surface area contributed by atoms with Crippen LogP contribution in [0.5, 0.6) is 5.75 Å². The zero-order valence-corrected chi connectivity index (χ0v) is 16.7. The number of ether oxygens (including phenoxy) is 1. The van der Waals surface area contributed by atoms with Crippen LogP contribution in [0.1, 0.15) is 5.56 Å². The molecule has 2 aromatic carbocycles. The SMILES string of the molecule is COc1ccc(Cl)cc1S(=O)(=O)Nc1ccc(C2=CSC3=NCCN23)cc1. The summed E-state index contributed by atoms with van der Waals surface area (Å²) in [5, 5.41) is 3.40. The fraction of sp³-hybridized carbons (Fsp3) is 0.167. The Labute approximate surface area is 166 Å². The molecule has 9 heteroatoms. The molecule has 0 unspecified atom stereocenters. The van der Waals surface area contributed by atoms with E-state index in [2.05, 4.69) is 20.0 Å². The van der Waals surface area contributed by atoms with Gasteiger partial charge in [-0.1, -0.05) is 35.5 Å². The average Bonchev–Trinajstić information content (AvgIpc) is 3.26. The number of methoxy groups -OCH3 is 1. The molecule has 140 valence electrons. The second kappa shape index (κ2) is 7.10. The number of rotatable bonds is 5. The maximum absolute atomic E-state index is 12.7. The van der Waals surface area contributed by atoms with Gasteiger partial charge in [0.05, 0.1) is 19.4 Å². The third-order valence-corrected chi connectivity index (χ3v) is 6.76. The van der Waals surface area contributed by atoms with Gasteiger partial charge in [-0.2, -0.15) is 0 Å². The number of nitrogens with one attached hydrogen (secondary N) is 1. The third kappa shape index (κ3) is 3.52. The van der Waals surface area contributed by atoms with E-state index in [9.17, 15) is 8.42 Å². The van der Waals surface area contributed by atoms with Gasteiger partial charge in [0.25, 0.3) is 10.0 Å². The van der Waals surface area contributed by atoms with Crippen LogP contribution in [-0.2, 0) is 10.0 Å². The fourth-order valence-electron chi connectivity index (χ4n) is 2.93. The largest absolute Gasteiger partial charge is 0.495 e. The molecule has 0 spiro atoms. The predicted octanol–water partition coefficient (Wildman–Crippen LogP) is 3.87. The molecule has 0 atom stereocenters. The number of benzene rings is 2. The van der Waals surface area contributed by atoms with Crippen molar-refractivity contribution in [2.75, 3.05) is 24.9 Å². The second-order valence-electron chi connectivity index (χ2n) is 5.91. The number of anilines is 1. The Hall–Kier alpha value is -2.16. The summed E-state index contributed by atoms with van der Waals surface area (Å²) in [6.45, 7) is 1.68. The summed E-state index contributed by atoms with van der Waals surface area (Å²) in [5.74, 6) is 0.234. The van der Waals surface area contributed by atoms with Crippen LogP contribution >= 0.6 is 23.4 Å². The maximum atomic E-state index is 12.7. The van der Waals surface area contributed by atoms with Gasteiger partial charge in [-0.15, -0.1) is 0 Å². The molecule has 0 fully saturated rings. The van der Waals surface area contributed by atoms with E-state index in [-0.39, 0.29) is 10.6 Å². The minimum atomic E-state index is -3.83. The Kier molecular flexibility index (Phi) is 4.79. The summed E-state index contributed by atoms with van der Waals surface area (Å²) < 4.78 is 33.2. The number of amidine groups is 1. The molecule has 0 aliphatic carbocycles. The van der Waals surface area contributed by atoms with Crippen LogP contribution in [0.4, 0.5) is 5.69 Å². The molecular weight excluding hydrogens is 406 g/mol. The number of hydrogen-bond acceptors (Lipinski definition) is 6. The molecule has 0 bridgehead atoms. The van der Waals surface area contributed by atoms with Crippen LogP contribution < -0.4 is 9.46 Å². The standard InChI is InChI=1S/C18H16ClN3O3S2/c1-25-16-7-4-13(19)10-17(16)27(23,24)21-14-5-2-12(3-6-14)15-11-26-18-20-8-9-22(15)18/h2-7,10-11,21H,8-9H2,1H3. The van der Waals surface area contributed by atoms with Gasteiger partial charge >= 0.3 is 0 Å². The molecular formula is C18H16ClN3O3S2. The van der Waals surface area contributed by atoms with Crippen molar-refractivity contribution < 1.29 is 13.2 Å². The van der Waals surface area contributed by atoms with E-state index in [0.29, 0.717) is 10.7 Å². The van der Waals surface area contributed by atoms with Crippen LogP contribution in [0.2, 0.25) is 5.02 Å². The van der Waals surface area contributed by atoms with Gasteiger partial charge in [0.2, 0.25) is 0 Å². The number of fused-ring (bicyclic) bond motifs is 1. The minimum Gasteiger partial charge on any atom is -0.495 e. The van der Waals surface area contributed by atoms with E-state index in [4.69, 9.17) is 16.3 Å². The van der Waals surface area contributed by atoms with Crippen molar-refractivity contribution in [3.63, 3.8) is 0 Å². The van der Waals surface area contributed by atoms with Crippen LogP contribution in [0, 0.1) is 0 Å². The third-order valence-electron chi connectivity index (χ3n) is 4.22. The first-order chi connectivity index (χ1) is 13.0. The predicted molar refractivity (Wildman–Crippen MR) is 110 cm³/mol. The summed E-state index contributed by atoms with van der Waals surface area (Å²) in [7, 11) is -2.42. The number of aliphatic imine (C=N–C) groups is 1. The zero-order chi connectivity index (χ0) is 19.0. The Morgan fingerprint density at radius 3 is 2.74 bits per heavy atom.